The maximum Gasteiger partial charge on any atom is 0.297 e. The number of carbonyl (C=O) groups excluding carboxylic acids is 1. The Balaban J connectivity index is 1.46. The highest BCUT2D eigenvalue weighted by atomic mass is 32.2. The molecule has 0 saturated heterocycles. The number of halogens is 1. The van der Waals surface area contributed by atoms with Crippen LogP contribution in [0.5, 0.6) is 5.75 Å². The molecular weight excluding hydrogens is 501 g/mol. The van der Waals surface area contributed by atoms with Gasteiger partial charge in [0.2, 0.25) is 10.9 Å². The predicted octanol–water partition coefficient (Wildman–Crippen LogP) is 5.53. The highest BCUT2D eigenvalue weighted by molar-refractivity contribution is 8.00. The summed E-state index contributed by atoms with van der Waals surface area (Å²) in [5.74, 6) is -0.634. The van der Waals surface area contributed by atoms with Crippen LogP contribution in [-0.4, -0.2) is 21.2 Å². The Bertz CT molecular complexity index is 1690. The second kappa shape index (κ2) is 8.89. The summed E-state index contributed by atoms with van der Waals surface area (Å²) in [6, 6.07) is 18.8. The van der Waals surface area contributed by atoms with Crippen molar-refractivity contribution >= 4 is 45.1 Å². The lowest BCUT2D eigenvalue weighted by molar-refractivity contribution is 0.0970. The fourth-order valence-corrected chi connectivity index (χ4v) is 6.05. The van der Waals surface area contributed by atoms with Gasteiger partial charge in [0, 0.05) is 5.75 Å². The van der Waals surface area contributed by atoms with Gasteiger partial charge in [-0.05, 0) is 41.5 Å². The van der Waals surface area contributed by atoms with Crippen molar-refractivity contribution in [2.75, 3.05) is 4.90 Å². The quantitative estimate of drug-likeness (QED) is 0.242. The van der Waals surface area contributed by atoms with E-state index in [2.05, 4.69) is 10.2 Å². The molecule has 0 fully saturated rings. The molecule has 5 aromatic rings. The lowest BCUT2D eigenvalue weighted by atomic mass is 9.98. The van der Waals surface area contributed by atoms with Crippen molar-refractivity contribution in [2.45, 2.75) is 16.1 Å². The van der Waals surface area contributed by atoms with Crippen molar-refractivity contribution in [1.82, 2.24) is 10.2 Å². The largest absolute Gasteiger partial charge is 0.508 e. The molecule has 1 unspecified atom stereocenters. The van der Waals surface area contributed by atoms with Crippen molar-refractivity contribution < 1.29 is 18.7 Å². The van der Waals surface area contributed by atoms with Gasteiger partial charge in [-0.25, -0.2) is 4.39 Å². The van der Waals surface area contributed by atoms with Crippen LogP contribution >= 0.6 is 23.1 Å². The number of aromatic hydroxyl groups is 1. The molecule has 0 radical (unpaired) electrons. The van der Waals surface area contributed by atoms with E-state index >= 15 is 0 Å². The minimum absolute atomic E-state index is 0.0269. The molecule has 3 aromatic carbocycles. The predicted molar refractivity (Wildman–Crippen MR) is 135 cm³/mol. The maximum atomic E-state index is 13.9. The van der Waals surface area contributed by atoms with Crippen LogP contribution in [0.3, 0.4) is 0 Å². The van der Waals surface area contributed by atoms with Crippen molar-refractivity contribution in [1.29, 1.82) is 0 Å². The summed E-state index contributed by atoms with van der Waals surface area (Å²) in [5, 5.41) is 18.9. The molecule has 1 aliphatic rings. The van der Waals surface area contributed by atoms with E-state index in [0.29, 0.717) is 15.7 Å². The van der Waals surface area contributed by atoms with Gasteiger partial charge in [-0.1, -0.05) is 65.6 Å². The zero-order chi connectivity index (χ0) is 24.8. The summed E-state index contributed by atoms with van der Waals surface area (Å²) in [5.41, 5.74) is 1.27. The van der Waals surface area contributed by atoms with Gasteiger partial charge in [-0.3, -0.25) is 14.5 Å². The molecule has 1 aliphatic heterocycles. The molecule has 7 nitrogen and oxygen atoms in total. The number of benzene rings is 3. The Hall–Kier alpha value is -4.02. The molecule has 0 aliphatic carbocycles. The number of phenols is 1. The highest BCUT2D eigenvalue weighted by Crippen LogP contribution is 2.43. The second-order valence-corrected chi connectivity index (χ2v) is 10.3. The first-order valence-corrected chi connectivity index (χ1v) is 12.7. The van der Waals surface area contributed by atoms with E-state index in [9.17, 15) is 19.1 Å². The van der Waals surface area contributed by atoms with E-state index in [1.54, 1.807) is 12.1 Å². The first kappa shape index (κ1) is 22.4. The summed E-state index contributed by atoms with van der Waals surface area (Å²) in [6.45, 7) is 0. The van der Waals surface area contributed by atoms with E-state index in [4.69, 9.17) is 4.42 Å². The third kappa shape index (κ3) is 3.84. The molecule has 10 heteroatoms. The Morgan fingerprint density at radius 3 is 2.67 bits per heavy atom. The highest BCUT2D eigenvalue weighted by Gasteiger charge is 2.45. The number of aromatic nitrogens is 2. The summed E-state index contributed by atoms with van der Waals surface area (Å²) >= 11 is 2.70. The van der Waals surface area contributed by atoms with Crippen LogP contribution < -0.4 is 10.3 Å². The number of hydrogen-bond donors (Lipinski definition) is 1. The van der Waals surface area contributed by atoms with E-state index in [0.717, 1.165) is 11.6 Å². The fraction of sp³-hybridized carbons (Fsp3) is 0.0769. The number of nitrogens with zero attached hydrogens (tertiary/aromatic N) is 3. The van der Waals surface area contributed by atoms with Gasteiger partial charge in [0.25, 0.3) is 5.91 Å². The third-order valence-corrected chi connectivity index (χ3v) is 7.95. The molecule has 2 aromatic heterocycles. The normalized spacial score (nSPS) is 15.0. The lowest BCUT2D eigenvalue weighted by Crippen LogP contribution is -2.29. The first-order chi connectivity index (χ1) is 17.5. The molecule has 36 heavy (non-hydrogen) atoms. The molecule has 1 atom stereocenters. The smallest absolute Gasteiger partial charge is 0.297 e. The SMILES string of the molecule is O=C1c2oc3ccc(F)cc3c(=O)c2C(c2cccc(O)c2)N1c1nnc(SCc2ccccc2)s1. The molecule has 1 N–H and O–H groups in total. The van der Waals surface area contributed by atoms with Gasteiger partial charge in [0.1, 0.15) is 17.1 Å². The van der Waals surface area contributed by atoms with E-state index in [-0.39, 0.29) is 33.2 Å². The van der Waals surface area contributed by atoms with Gasteiger partial charge in [0.05, 0.1) is 17.0 Å². The van der Waals surface area contributed by atoms with Crippen molar-refractivity contribution in [3.8, 4) is 5.75 Å². The molecule has 0 spiro atoms. The number of anilines is 1. The fourth-order valence-electron chi connectivity index (χ4n) is 4.23. The van der Waals surface area contributed by atoms with Crippen molar-refractivity contribution in [2.24, 2.45) is 0 Å². The zero-order valence-corrected chi connectivity index (χ0v) is 20.1. The van der Waals surface area contributed by atoms with Crippen molar-refractivity contribution in [3.05, 3.63) is 111 Å². The van der Waals surface area contributed by atoms with Crippen LogP contribution in [0.15, 0.2) is 86.3 Å². The Morgan fingerprint density at radius 2 is 1.86 bits per heavy atom. The van der Waals surface area contributed by atoms with E-state index < -0.39 is 23.2 Å². The van der Waals surface area contributed by atoms with Gasteiger partial charge in [-0.15, -0.1) is 10.2 Å². The minimum atomic E-state index is -0.927. The molecule has 178 valence electrons. The maximum absolute atomic E-state index is 13.9. The van der Waals surface area contributed by atoms with Gasteiger partial charge >= 0.3 is 0 Å². The number of thioether (sulfide) groups is 1. The summed E-state index contributed by atoms with van der Waals surface area (Å²) in [4.78, 5) is 28.5. The number of hydrogen-bond acceptors (Lipinski definition) is 8. The van der Waals surface area contributed by atoms with Crippen molar-refractivity contribution in [3.63, 3.8) is 0 Å². The first-order valence-electron chi connectivity index (χ1n) is 10.9. The molecule has 1 amide bonds. The Kier molecular flexibility index (Phi) is 5.54. The Labute approximate surface area is 211 Å². The van der Waals surface area contributed by atoms with Gasteiger partial charge in [0.15, 0.2) is 9.77 Å². The van der Waals surface area contributed by atoms with Gasteiger partial charge in [-0.2, -0.15) is 0 Å². The van der Waals surface area contributed by atoms with E-state index in [1.807, 2.05) is 30.3 Å². The number of rotatable bonds is 5. The Morgan fingerprint density at radius 1 is 1.03 bits per heavy atom. The van der Waals surface area contributed by atoms with Crippen LogP contribution in [0.2, 0.25) is 0 Å². The van der Waals surface area contributed by atoms with Crippen LogP contribution in [0.25, 0.3) is 11.0 Å². The summed E-state index contributed by atoms with van der Waals surface area (Å²) in [6.07, 6.45) is 0. The van der Waals surface area contributed by atoms with Gasteiger partial charge < -0.3 is 9.52 Å². The number of amides is 1. The number of fused-ring (bicyclic) bond motifs is 2. The van der Waals surface area contributed by atoms with Crippen LogP contribution in [-0.2, 0) is 5.75 Å². The van der Waals surface area contributed by atoms with Crippen LogP contribution in [0.4, 0.5) is 9.52 Å². The average Bonchev–Trinajstić information content (AvgIpc) is 3.46. The lowest BCUT2D eigenvalue weighted by Gasteiger charge is -2.22. The second-order valence-electron chi connectivity index (χ2n) is 8.11. The monoisotopic (exact) mass is 517 g/mol. The average molecular weight is 518 g/mol. The standard InChI is InChI=1S/C26H16FN3O4S2/c27-16-9-10-19-18(12-16)22(32)20-21(15-7-4-8-17(31)11-15)30(24(33)23(20)34-19)25-28-29-26(36-25)35-13-14-5-2-1-3-6-14/h1-12,21,31H,13H2. The summed E-state index contributed by atoms with van der Waals surface area (Å²) in [7, 11) is 0. The number of carbonyl (C=O) groups is 1. The molecular formula is C26H16FN3O4S2. The van der Waals surface area contributed by atoms with Crippen LogP contribution in [0, 0.1) is 5.82 Å². The van der Waals surface area contributed by atoms with Crippen LogP contribution in [0.1, 0.15) is 33.3 Å². The molecule has 3 heterocycles. The van der Waals surface area contributed by atoms with E-state index in [1.165, 1.54) is 52.3 Å². The summed E-state index contributed by atoms with van der Waals surface area (Å²) < 4.78 is 20.4. The molecule has 0 bridgehead atoms. The number of phenolic OH excluding ortho intramolecular Hbond substituents is 1. The topological polar surface area (TPSA) is 96.5 Å². The molecule has 0 saturated carbocycles. The zero-order valence-electron chi connectivity index (χ0n) is 18.4. The third-order valence-electron chi connectivity index (χ3n) is 5.83. The molecule has 6 rings (SSSR count). The minimum Gasteiger partial charge on any atom is -0.508 e.